The van der Waals surface area contributed by atoms with Gasteiger partial charge >= 0.3 is 0 Å². The molecule has 1 unspecified atom stereocenters. The van der Waals surface area contributed by atoms with Gasteiger partial charge in [0.1, 0.15) is 6.04 Å². The fraction of sp³-hybridized carbons (Fsp3) is 0.417. The molecule has 0 heterocycles. The van der Waals surface area contributed by atoms with Crippen LogP contribution >= 0.6 is 0 Å². The largest absolute Gasteiger partial charge is 0.353 e. The van der Waals surface area contributed by atoms with Crippen molar-refractivity contribution < 1.29 is 18.0 Å². The molecule has 0 saturated heterocycles. The fourth-order valence-corrected chi connectivity index (χ4v) is 4.69. The van der Waals surface area contributed by atoms with E-state index in [0.29, 0.717) is 17.5 Å². The minimum Gasteiger partial charge on any atom is -0.353 e. The predicted octanol–water partition coefficient (Wildman–Crippen LogP) is 2.85. The molecule has 2 aromatic carbocycles. The summed E-state index contributed by atoms with van der Waals surface area (Å²) in [5.74, 6) is -0.461. The van der Waals surface area contributed by atoms with E-state index in [2.05, 4.69) is 15.4 Å². The number of hydrogen-bond donors (Lipinski definition) is 3. The number of hydrogen-bond acceptors (Lipinski definition) is 4. The van der Waals surface area contributed by atoms with Gasteiger partial charge in [-0.1, -0.05) is 44.2 Å². The van der Waals surface area contributed by atoms with Gasteiger partial charge in [0.25, 0.3) is 5.91 Å². The third-order valence-corrected chi connectivity index (χ3v) is 6.67. The van der Waals surface area contributed by atoms with Crippen molar-refractivity contribution in [3.63, 3.8) is 0 Å². The fourth-order valence-electron chi connectivity index (χ4n) is 3.34. The second kappa shape index (κ2) is 11.2. The van der Waals surface area contributed by atoms with Crippen LogP contribution in [0.2, 0.25) is 0 Å². The van der Waals surface area contributed by atoms with Gasteiger partial charge in [-0.05, 0) is 61.9 Å². The maximum absolute atomic E-state index is 12.7. The number of carbonyl (C=O) groups is 2. The van der Waals surface area contributed by atoms with Crippen LogP contribution in [0.3, 0.4) is 0 Å². The van der Waals surface area contributed by atoms with Gasteiger partial charge in [-0.3, -0.25) is 9.59 Å². The molecule has 0 radical (unpaired) electrons. The van der Waals surface area contributed by atoms with Gasteiger partial charge in [0.15, 0.2) is 0 Å². The second-order valence-electron chi connectivity index (χ2n) is 8.43. The van der Waals surface area contributed by atoms with Crippen molar-refractivity contribution in [3.05, 3.63) is 64.7 Å². The highest BCUT2D eigenvalue weighted by atomic mass is 32.2. The van der Waals surface area contributed by atoms with E-state index >= 15 is 0 Å². The summed E-state index contributed by atoms with van der Waals surface area (Å²) in [5.41, 5.74) is 2.86. The topological polar surface area (TPSA) is 104 Å². The minimum atomic E-state index is -3.68. The number of nitrogens with one attached hydrogen (secondary N) is 3. The highest BCUT2D eigenvalue weighted by molar-refractivity contribution is 7.89. The van der Waals surface area contributed by atoms with Gasteiger partial charge in [-0.15, -0.1) is 0 Å². The number of sulfonamides is 1. The smallest absolute Gasteiger partial charge is 0.252 e. The Labute approximate surface area is 191 Å². The highest BCUT2D eigenvalue weighted by Crippen LogP contribution is 2.16. The molecule has 8 heteroatoms. The lowest BCUT2D eigenvalue weighted by atomic mass is 10.0. The Morgan fingerprint density at radius 3 is 2.28 bits per heavy atom. The lowest BCUT2D eigenvalue weighted by molar-refractivity contribution is -0.123. The standard InChI is InChI=1S/C24H33N3O4S/c1-16(2)14-21(27-23(28)20-9-7-6-8-18(20)4)24(29)25-12-13-26-32(30,31)22-15-17(3)10-11-19(22)5/h6-11,15-16,21,26H,12-14H2,1-5H3,(H,25,29)(H,27,28). The molecule has 0 fully saturated rings. The van der Waals surface area contributed by atoms with Crippen LogP contribution in [0, 0.1) is 26.7 Å². The number of rotatable bonds is 10. The highest BCUT2D eigenvalue weighted by Gasteiger charge is 2.23. The summed E-state index contributed by atoms with van der Waals surface area (Å²) in [6.45, 7) is 9.51. The first-order valence-electron chi connectivity index (χ1n) is 10.7. The zero-order valence-electron chi connectivity index (χ0n) is 19.4. The first-order valence-corrected chi connectivity index (χ1v) is 12.2. The summed E-state index contributed by atoms with van der Waals surface area (Å²) in [6, 6.07) is 11.7. The van der Waals surface area contributed by atoms with E-state index in [1.807, 2.05) is 45.9 Å². The molecule has 3 N–H and O–H groups in total. The summed E-state index contributed by atoms with van der Waals surface area (Å²) in [6.07, 6.45) is 0.470. The first-order chi connectivity index (χ1) is 15.0. The lowest BCUT2D eigenvalue weighted by Crippen LogP contribution is -2.49. The number of aryl methyl sites for hydroxylation is 3. The molecule has 0 bridgehead atoms. The minimum absolute atomic E-state index is 0.0432. The Balaban J connectivity index is 1.96. The van der Waals surface area contributed by atoms with Crippen molar-refractivity contribution in [2.45, 2.75) is 52.0 Å². The van der Waals surface area contributed by atoms with Crippen LogP contribution in [-0.4, -0.2) is 39.4 Å². The average Bonchev–Trinajstić information content (AvgIpc) is 2.72. The molecule has 32 heavy (non-hydrogen) atoms. The van der Waals surface area contributed by atoms with Crippen LogP contribution in [0.15, 0.2) is 47.4 Å². The Kier molecular flexibility index (Phi) is 8.98. The zero-order chi connectivity index (χ0) is 23.9. The van der Waals surface area contributed by atoms with E-state index in [9.17, 15) is 18.0 Å². The number of benzene rings is 2. The van der Waals surface area contributed by atoms with Crippen LogP contribution in [0.4, 0.5) is 0 Å². The molecule has 0 spiro atoms. The molecule has 7 nitrogen and oxygen atoms in total. The Morgan fingerprint density at radius 1 is 0.938 bits per heavy atom. The summed E-state index contributed by atoms with van der Waals surface area (Å²) in [4.78, 5) is 25.6. The van der Waals surface area contributed by atoms with Gasteiger partial charge < -0.3 is 10.6 Å². The van der Waals surface area contributed by atoms with Crippen molar-refractivity contribution in [2.24, 2.45) is 5.92 Å². The van der Waals surface area contributed by atoms with Crippen LogP contribution in [0.1, 0.15) is 47.3 Å². The number of carbonyl (C=O) groups excluding carboxylic acids is 2. The van der Waals surface area contributed by atoms with Gasteiger partial charge in [0.05, 0.1) is 4.90 Å². The van der Waals surface area contributed by atoms with Gasteiger partial charge in [-0.2, -0.15) is 0 Å². The third kappa shape index (κ3) is 7.17. The SMILES string of the molecule is Cc1ccc(C)c(S(=O)(=O)NCCNC(=O)C(CC(C)C)NC(=O)c2ccccc2C)c1. The maximum atomic E-state index is 12.7. The molecule has 174 valence electrons. The average molecular weight is 460 g/mol. The third-order valence-electron chi connectivity index (χ3n) is 5.07. The molecule has 2 amide bonds. The Morgan fingerprint density at radius 2 is 1.62 bits per heavy atom. The maximum Gasteiger partial charge on any atom is 0.252 e. The van der Waals surface area contributed by atoms with Gasteiger partial charge in [0.2, 0.25) is 15.9 Å². The van der Waals surface area contributed by atoms with Crippen molar-refractivity contribution in [1.29, 1.82) is 0 Å². The molecule has 0 saturated carbocycles. The van der Waals surface area contributed by atoms with E-state index < -0.39 is 16.1 Å². The lowest BCUT2D eigenvalue weighted by Gasteiger charge is -2.21. The predicted molar refractivity (Wildman–Crippen MR) is 126 cm³/mol. The van der Waals surface area contributed by atoms with Crippen molar-refractivity contribution in [1.82, 2.24) is 15.4 Å². The molecule has 0 aliphatic heterocycles. The van der Waals surface area contributed by atoms with Crippen molar-refractivity contribution in [2.75, 3.05) is 13.1 Å². The number of amides is 2. The molecule has 0 aliphatic rings. The van der Waals surface area contributed by atoms with Crippen LogP contribution in [0.5, 0.6) is 0 Å². The van der Waals surface area contributed by atoms with E-state index in [-0.39, 0.29) is 35.7 Å². The molecular formula is C24H33N3O4S. The molecule has 1 atom stereocenters. The summed E-state index contributed by atoms with van der Waals surface area (Å²) in [5, 5.41) is 5.54. The van der Waals surface area contributed by atoms with Crippen LogP contribution < -0.4 is 15.4 Å². The van der Waals surface area contributed by atoms with E-state index in [4.69, 9.17) is 0 Å². The van der Waals surface area contributed by atoms with Crippen molar-refractivity contribution in [3.8, 4) is 0 Å². The zero-order valence-corrected chi connectivity index (χ0v) is 20.2. The second-order valence-corrected chi connectivity index (χ2v) is 10.2. The van der Waals surface area contributed by atoms with Gasteiger partial charge in [0, 0.05) is 18.7 Å². The quantitative estimate of drug-likeness (QED) is 0.475. The van der Waals surface area contributed by atoms with Gasteiger partial charge in [-0.25, -0.2) is 13.1 Å². The summed E-state index contributed by atoms with van der Waals surface area (Å²) >= 11 is 0. The molecule has 0 aromatic heterocycles. The molecular weight excluding hydrogens is 426 g/mol. The van der Waals surface area contributed by atoms with E-state index in [1.165, 1.54) is 0 Å². The summed E-state index contributed by atoms with van der Waals surface area (Å²) in [7, 11) is -3.68. The van der Waals surface area contributed by atoms with E-state index in [0.717, 1.165) is 11.1 Å². The molecule has 2 rings (SSSR count). The van der Waals surface area contributed by atoms with Crippen LogP contribution in [0.25, 0.3) is 0 Å². The normalized spacial score (nSPS) is 12.4. The van der Waals surface area contributed by atoms with Crippen molar-refractivity contribution >= 4 is 21.8 Å². The van der Waals surface area contributed by atoms with E-state index in [1.54, 1.807) is 31.2 Å². The Hall–Kier alpha value is -2.71. The molecule has 2 aromatic rings. The monoisotopic (exact) mass is 459 g/mol. The first kappa shape index (κ1) is 25.5. The summed E-state index contributed by atoms with van der Waals surface area (Å²) < 4.78 is 27.7. The Bertz CT molecular complexity index is 1060. The van der Waals surface area contributed by atoms with Crippen LogP contribution in [-0.2, 0) is 14.8 Å². The molecule has 0 aliphatic carbocycles.